The van der Waals surface area contributed by atoms with E-state index in [0.29, 0.717) is 11.5 Å². The van der Waals surface area contributed by atoms with Gasteiger partial charge in [-0.1, -0.05) is 12.1 Å². The van der Waals surface area contributed by atoms with Gasteiger partial charge in [-0.25, -0.2) is 0 Å². The van der Waals surface area contributed by atoms with E-state index in [1.807, 2.05) is 18.2 Å². The standard InChI is InChI=1S/C15H16O5S/c16-12-8-21-15(14(18)13(12)17)20-11-3-1-9(2-4-11)10-5-6-19-7-10/h1-7,12-18H,8H2/t12-,13+,14-,15+/m1/s1. The zero-order valence-electron chi connectivity index (χ0n) is 11.1. The molecule has 0 unspecified atom stereocenters. The Hall–Kier alpha value is -1.47. The van der Waals surface area contributed by atoms with Crippen LogP contribution in [0.5, 0.6) is 5.75 Å². The first-order valence-electron chi connectivity index (χ1n) is 6.60. The van der Waals surface area contributed by atoms with Crippen molar-refractivity contribution in [1.82, 2.24) is 0 Å². The van der Waals surface area contributed by atoms with Gasteiger partial charge in [-0.3, -0.25) is 0 Å². The maximum absolute atomic E-state index is 9.91. The predicted octanol–water partition coefficient (Wildman–Crippen LogP) is 1.48. The van der Waals surface area contributed by atoms with Crippen molar-refractivity contribution in [2.75, 3.05) is 5.75 Å². The van der Waals surface area contributed by atoms with Crippen LogP contribution in [-0.2, 0) is 0 Å². The predicted molar refractivity (Wildman–Crippen MR) is 79.0 cm³/mol. The van der Waals surface area contributed by atoms with Crippen LogP contribution in [0.3, 0.4) is 0 Å². The molecule has 0 bridgehead atoms. The van der Waals surface area contributed by atoms with Crippen molar-refractivity contribution < 1.29 is 24.5 Å². The summed E-state index contributed by atoms with van der Waals surface area (Å²) in [4.78, 5) is 0. The quantitative estimate of drug-likeness (QED) is 0.797. The van der Waals surface area contributed by atoms with Gasteiger partial charge in [0.25, 0.3) is 0 Å². The molecule has 2 aromatic rings. The normalized spacial score (nSPS) is 29.3. The summed E-state index contributed by atoms with van der Waals surface area (Å²) in [6.07, 6.45) is 0.0533. The molecule has 1 saturated heterocycles. The first kappa shape index (κ1) is 14.5. The van der Waals surface area contributed by atoms with Gasteiger partial charge in [-0.2, -0.15) is 0 Å². The second-order valence-electron chi connectivity index (χ2n) is 4.90. The fourth-order valence-electron chi connectivity index (χ4n) is 2.17. The molecular formula is C15H16O5S. The molecular weight excluding hydrogens is 292 g/mol. The van der Waals surface area contributed by atoms with E-state index < -0.39 is 23.7 Å². The number of furan rings is 1. The van der Waals surface area contributed by atoms with E-state index in [2.05, 4.69) is 0 Å². The van der Waals surface area contributed by atoms with Gasteiger partial charge in [0.1, 0.15) is 18.0 Å². The molecule has 1 aromatic heterocycles. The molecule has 3 N–H and O–H groups in total. The fourth-order valence-corrected chi connectivity index (χ4v) is 3.29. The van der Waals surface area contributed by atoms with Crippen molar-refractivity contribution in [2.24, 2.45) is 0 Å². The summed E-state index contributed by atoms with van der Waals surface area (Å²) >= 11 is 1.28. The third-order valence-electron chi connectivity index (χ3n) is 3.42. The number of hydrogen-bond acceptors (Lipinski definition) is 6. The van der Waals surface area contributed by atoms with Crippen LogP contribution in [0.15, 0.2) is 47.3 Å². The Labute approximate surface area is 126 Å². The van der Waals surface area contributed by atoms with Crippen LogP contribution in [0.1, 0.15) is 0 Å². The number of aliphatic hydroxyl groups is 3. The molecule has 0 saturated carbocycles. The van der Waals surface area contributed by atoms with E-state index in [1.165, 1.54) is 11.8 Å². The van der Waals surface area contributed by atoms with E-state index in [0.717, 1.165) is 11.1 Å². The molecule has 1 aliphatic rings. The minimum absolute atomic E-state index is 0.329. The number of benzene rings is 1. The first-order valence-corrected chi connectivity index (χ1v) is 7.65. The van der Waals surface area contributed by atoms with Crippen LogP contribution in [0.4, 0.5) is 0 Å². The van der Waals surface area contributed by atoms with Crippen molar-refractivity contribution in [2.45, 2.75) is 23.7 Å². The van der Waals surface area contributed by atoms with Crippen LogP contribution in [0, 0.1) is 0 Å². The van der Waals surface area contributed by atoms with Crippen LogP contribution in [-0.4, -0.2) is 44.8 Å². The third kappa shape index (κ3) is 3.08. The van der Waals surface area contributed by atoms with Crippen LogP contribution in [0.2, 0.25) is 0 Å². The van der Waals surface area contributed by atoms with Gasteiger partial charge in [0.05, 0.1) is 18.6 Å². The van der Waals surface area contributed by atoms with E-state index >= 15 is 0 Å². The Bertz CT molecular complexity index is 568. The lowest BCUT2D eigenvalue weighted by Gasteiger charge is -2.34. The molecule has 6 heteroatoms. The Morgan fingerprint density at radius 2 is 1.76 bits per heavy atom. The highest BCUT2D eigenvalue weighted by molar-refractivity contribution is 7.99. The number of hydrogen-bond donors (Lipinski definition) is 3. The summed E-state index contributed by atoms with van der Waals surface area (Å²) in [6, 6.07) is 9.26. The van der Waals surface area contributed by atoms with Crippen LogP contribution < -0.4 is 4.74 Å². The summed E-state index contributed by atoms with van der Waals surface area (Å²) in [6.45, 7) is 0. The summed E-state index contributed by atoms with van der Waals surface area (Å²) in [5.41, 5.74) is 1.39. The van der Waals surface area contributed by atoms with Crippen LogP contribution in [0.25, 0.3) is 11.1 Å². The number of ether oxygens (including phenoxy) is 1. The maximum atomic E-state index is 9.91. The van der Waals surface area contributed by atoms with Gasteiger partial charge in [-0.05, 0) is 23.8 Å². The van der Waals surface area contributed by atoms with Crippen molar-refractivity contribution in [1.29, 1.82) is 0 Å². The second kappa shape index (κ2) is 6.11. The highest BCUT2D eigenvalue weighted by atomic mass is 32.2. The zero-order chi connectivity index (χ0) is 14.8. The third-order valence-corrected chi connectivity index (χ3v) is 4.65. The van der Waals surface area contributed by atoms with E-state index in [1.54, 1.807) is 24.7 Å². The molecule has 0 radical (unpaired) electrons. The molecule has 112 valence electrons. The lowest BCUT2D eigenvalue weighted by atomic mass is 10.1. The van der Waals surface area contributed by atoms with Gasteiger partial charge in [0, 0.05) is 11.3 Å². The van der Waals surface area contributed by atoms with Crippen molar-refractivity contribution >= 4 is 11.8 Å². The molecule has 1 fully saturated rings. The summed E-state index contributed by atoms with van der Waals surface area (Å²) in [7, 11) is 0. The zero-order valence-corrected chi connectivity index (χ0v) is 11.9. The average molecular weight is 308 g/mol. The number of thioether (sulfide) groups is 1. The van der Waals surface area contributed by atoms with Gasteiger partial charge in [-0.15, -0.1) is 11.8 Å². The average Bonchev–Trinajstić information content (AvgIpc) is 3.03. The summed E-state index contributed by atoms with van der Waals surface area (Å²) < 4.78 is 10.7. The molecule has 4 atom stereocenters. The highest BCUT2D eigenvalue weighted by Gasteiger charge is 2.38. The number of rotatable bonds is 3. The largest absolute Gasteiger partial charge is 0.477 e. The topological polar surface area (TPSA) is 83.1 Å². The van der Waals surface area contributed by atoms with Crippen molar-refractivity contribution in [3.8, 4) is 16.9 Å². The van der Waals surface area contributed by atoms with Gasteiger partial charge in [0.2, 0.25) is 0 Å². The molecule has 1 aromatic carbocycles. The minimum atomic E-state index is -1.18. The van der Waals surface area contributed by atoms with E-state index in [9.17, 15) is 15.3 Å². The molecule has 0 aliphatic carbocycles. The Morgan fingerprint density at radius 1 is 1.00 bits per heavy atom. The molecule has 2 heterocycles. The van der Waals surface area contributed by atoms with Gasteiger partial charge < -0.3 is 24.5 Å². The second-order valence-corrected chi connectivity index (χ2v) is 6.04. The maximum Gasteiger partial charge on any atom is 0.173 e. The van der Waals surface area contributed by atoms with E-state index in [4.69, 9.17) is 9.15 Å². The smallest absolute Gasteiger partial charge is 0.173 e. The minimum Gasteiger partial charge on any atom is -0.477 e. The fraction of sp³-hybridized carbons (Fsp3) is 0.333. The molecule has 21 heavy (non-hydrogen) atoms. The van der Waals surface area contributed by atoms with Crippen molar-refractivity contribution in [3.05, 3.63) is 42.9 Å². The summed E-state index contributed by atoms with van der Waals surface area (Å²) in [5, 5.41) is 29.0. The Morgan fingerprint density at radius 3 is 2.43 bits per heavy atom. The monoisotopic (exact) mass is 308 g/mol. The lowest BCUT2D eigenvalue weighted by Crippen LogP contribution is -2.50. The Balaban J connectivity index is 1.68. The highest BCUT2D eigenvalue weighted by Crippen LogP contribution is 2.30. The molecule has 0 spiro atoms. The molecule has 3 rings (SSSR count). The van der Waals surface area contributed by atoms with Crippen LogP contribution >= 0.6 is 11.8 Å². The SMILES string of the molecule is O[C@@H]1[C@@H](O)[C@@H](Oc2ccc(-c3ccoc3)cc2)SC[C@H]1O. The number of aliphatic hydroxyl groups excluding tert-OH is 3. The molecule has 5 nitrogen and oxygen atoms in total. The van der Waals surface area contributed by atoms with Crippen molar-refractivity contribution in [3.63, 3.8) is 0 Å². The first-order chi connectivity index (χ1) is 10.1. The van der Waals surface area contributed by atoms with Gasteiger partial charge in [0.15, 0.2) is 5.44 Å². The van der Waals surface area contributed by atoms with Gasteiger partial charge >= 0.3 is 0 Å². The Kier molecular flexibility index (Phi) is 4.21. The molecule has 1 aliphatic heterocycles. The molecule has 0 amide bonds. The summed E-state index contributed by atoms with van der Waals surface area (Å²) in [5.74, 6) is 0.929. The lowest BCUT2D eigenvalue weighted by molar-refractivity contribution is -0.0786. The van der Waals surface area contributed by atoms with E-state index in [-0.39, 0.29) is 0 Å².